The van der Waals surface area contributed by atoms with Gasteiger partial charge in [0.05, 0.1) is 6.42 Å². The molecule has 0 aliphatic rings. The lowest BCUT2D eigenvalue weighted by Gasteiger charge is -2.06. The third-order valence-corrected chi connectivity index (χ3v) is 2.46. The zero-order valence-corrected chi connectivity index (χ0v) is 9.53. The molecule has 19 heavy (non-hydrogen) atoms. The van der Waals surface area contributed by atoms with Gasteiger partial charge in [0, 0.05) is 11.8 Å². The number of carboxylic acid groups (broad SMARTS) is 1. The smallest absolute Gasteiger partial charge is 0.307 e. The SMILES string of the molecule is O=C(O)Cc1cnc(-c2cccc(F)c2F)c(F)c1. The Morgan fingerprint density at radius 1 is 1.21 bits per heavy atom. The van der Waals surface area contributed by atoms with Crippen molar-refractivity contribution in [3.63, 3.8) is 0 Å². The van der Waals surface area contributed by atoms with E-state index >= 15 is 0 Å². The van der Waals surface area contributed by atoms with E-state index in [0.717, 1.165) is 18.3 Å². The first-order valence-electron chi connectivity index (χ1n) is 5.29. The summed E-state index contributed by atoms with van der Waals surface area (Å²) in [5.41, 5.74) is -0.518. The summed E-state index contributed by atoms with van der Waals surface area (Å²) in [6.07, 6.45) is 0.729. The third kappa shape index (κ3) is 2.73. The van der Waals surface area contributed by atoms with Gasteiger partial charge in [-0.05, 0) is 23.8 Å². The van der Waals surface area contributed by atoms with Crippen LogP contribution in [0.25, 0.3) is 11.3 Å². The molecule has 1 aromatic heterocycles. The molecule has 0 amide bonds. The van der Waals surface area contributed by atoms with E-state index < -0.39 is 29.8 Å². The van der Waals surface area contributed by atoms with Gasteiger partial charge >= 0.3 is 5.97 Å². The highest BCUT2D eigenvalue weighted by atomic mass is 19.2. The Balaban J connectivity index is 2.46. The number of aromatic nitrogens is 1. The van der Waals surface area contributed by atoms with Crippen molar-refractivity contribution in [1.29, 1.82) is 0 Å². The fourth-order valence-corrected chi connectivity index (χ4v) is 1.63. The second kappa shape index (κ2) is 5.09. The molecule has 0 aliphatic carbocycles. The topological polar surface area (TPSA) is 50.2 Å². The van der Waals surface area contributed by atoms with Crippen molar-refractivity contribution in [3.8, 4) is 11.3 Å². The van der Waals surface area contributed by atoms with Gasteiger partial charge in [-0.2, -0.15) is 0 Å². The van der Waals surface area contributed by atoms with E-state index in [0.29, 0.717) is 0 Å². The Hall–Kier alpha value is -2.37. The molecule has 0 saturated heterocycles. The van der Waals surface area contributed by atoms with Crippen LogP contribution in [0.1, 0.15) is 5.56 Å². The van der Waals surface area contributed by atoms with Crippen LogP contribution in [0.3, 0.4) is 0 Å². The maximum Gasteiger partial charge on any atom is 0.307 e. The van der Waals surface area contributed by atoms with Crippen LogP contribution in [-0.4, -0.2) is 16.1 Å². The van der Waals surface area contributed by atoms with Crippen molar-refractivity contribution in [2.24, 2.45) is 0 Å². The van der Waals surface area contributed by atoms with Gasteiger partial charge in [-0.25, -0.2) is 13.2 Å². The van der Waals surface area contributed by atoms with Crippen LogP contribution in [0.2, 0.25) is 0 Å². The minimum Gasteiger partial charge on any atom is -0.481 e. The number of carbonyl (C=O) groups is 1. The second-order valence-corrected chi connectivity index (χ2v) is 3.85. The Labute approximate surface area is 106 Å². The maximum absolute atomic E-state index is 13.8. The molecule has 0 radical (unpaired) electrons. The highest BCUT2D eigenvalue weighted by Gasteiger charge is 2.15. The normalized spacial score (nSPS) is 10.5. The summed E-state index contributed by atoms with van der Waals surface area (Å²) in [6, 6.07) is 4.29. The third-order valence-electron chi connectivity index (χ3n) is 2.46. The molecule has 2 rings (SSSR count). The molecule has 0 saturated carbocycles. The molecule has 0 fully saturated rings. The Morgan fingerprint density at radius 2 is 1.95 bits per heavy atom. The number of benzene rings is 1. The van der Waals surface area contributed by atoms with Crippen molar-refractivity contribution in [2.75, 3.05) is 0 Å². The van der Waals surface area contributed by atoms with E-state index in [1.165, 1.54) is 12.1 Å². The van der Waals surface area contributed by atoms with E-state index in [1.807, 2.05) is 0 Å². The first kappa shape index (κ1) is 13.1. The molecular weight excluding hydrogens is 259 g/mol. The molecule has 1 N–H and O–H groups in total. The van der Waals surface area contributed by atoms with E-state index in [4.69, 9.17) is 5.11 Å². The van der Waals surface area contributed by atoms with Crippen LogP contribution in [0.15, 0.2) is 30.5 Å². The fraction of sp³-hybridized carbons (Fsp3) is 0.0769. The van der Waals surface area contributed by atoms with E-state index in [9.17, 15) is 18.0 Å². The lowest BCUT2D eigenvalue weighted by atomic mass is 10.1. The highest BCUT2D eigenvalue weighted by molar-refractivity contribution is 5.70. The number of rotatable bonds is 3. The van der Waals surface area contributed by atoms with Crippen LogP contribution in [0, 0.1) is 17.5 Å². The highest BCUT2D eigenvalue weighted by Crippen LogP contribution is 2.25. The van der Waals surface area contributed by atoms with Crippen LogP contribution < -0.4 is 0 Å². The first-order valence-corrected chi connectivity index (χ1v) is 5.29. The van der Waals surface area contributed by atoms with Crippen molar-refractivity contribution < 1.29 is 23.1 Å². The molecule has 98 valence electrons. The number of pyridine rings is 1. The number of hydrogen-bond acceptors (Lipinski definition) is 2. The summed E-state index contributed by atoms with van der Waals surface area (Å²) < 4.78 is 40.3. The number of halogens is 3. The minimum atomic E-state index is -1.19. The molecule has 0 spiro atoms. The molecule has 0 unspecified atom stereocenters. The van der Waals surface area contributed by atoms with Crippen molar-refractivity contribution in [1.82, 2.24) is 4.98 Å². The minimum absolute atomic E-state index is 0.144. The van der Waals surface area contributed by atoms with Gasteiger partial charge in [0.2, 0.25) is 0 Å². The van der Waals surface area contributed by atoms with Gasteiger partial charge in [-0.1, -0.05) is 6.07 Å². The predicted octanol–water partition coefficient (Wildman–Crippen LogP) is 2.79. The van der Waals surface area contributed by atoms with Gasteiger partial charge in [0.25, 0.3) is 0 Å². The molecule has 0 bridgehead atoms. The van der Waals surface area contributed by atoms with E-state index in [-0.39, 0.29) is 16.8 Å². The van der Waals surface area contributed by atoms with E-state index in [1.54, 1.807) is 0 Å². The molecule has 0 aliphatic heterocycles. The summed E-state index contributed by atoms with van der Waals surface area (Å²) >= 11 is 0. The van der Waals surface area contributed by atoms with Gasteiger partial charge in [0.15, 0.2) is 11.6 Å². The maximum atomic E-state index is 13.8. The summed E-state index contributed by atoms with van der Waals surface area (Å²) in [6.45, 7) is 0. The zero-order valence-electron chi connectivity index (χ0n) is 9.53. The molecule has 6 heteroatoms. The van der Waals surface area contributed by atoms with Gasteiger partial charge in [-0.15, -0.1) is 0 Å². The monoisotopic (exact) mass is 267 g/mol. The number of hydrogen-bond donors (Lipinski definition) is 1. The van der Waals surface area contributed by atoms with Gasteiger partial charge in [0.1, 0.15) is 11.5 Å². The quantitative estimate of drug-likeness (QED) is 0.930. The molecule has 3 nitrogen and oxygen atoms in total. The predicted molar refractivity (Wildman–Crippen MR) is 60.9 cm³/mol. The summed E-state index contributed by atoms with van der Waals surface area (Å²) in [4.78, 5) is 14.1. The Morgan fingerprint density at radius 3 is 2.58 bits per heavy atom. The summed E-state index contributed by atoms with van der Waals surface area (Å²) in [5, 5.41) is 8.56. The average Bonchev–Trinajstić information content (AvgIpc) is 2.33. The first-order chi connectivity index (χ1) is 8.99. The lowest BCUT2D eigenvalue weighted by Crippen LogP contribution is -2.02. The van der Waals surface area contributed by atoms with Crippen molar-refractivity contribution >= 4 is 5.97 Å². The molecule has 0 atom stereocenters. The van der Waals surface area contributed by atoms with Crippen LogP contribution in [0.4, 0.5) is 13.2 Å². The zero-order chi connectivity index (χ0) is 14.0. The summed E-state index contributed by atoms with van der Waals surface area (Å²) in [5.74, 6) is -4.33. The molecule has 1 aromatic carbocycles. The van der Waals surface area contributed by atoms with E-state index in [2.05, 4.69) is 4.98 Å². The standard InChI is InChI=1S/C13H8F3NO2/c14-9-3-1-2-8(12(9)16)13-10(15)4-7(6-17-13)5-11(18)19/h1-4,6H,5H2,(H,18,19). The number of nitrogens with zero attached hydrogens (tertiary/aromatic N) is 1. The number of carboxylic acids is 1. The summed E-state index contributed by atoms with van der Waals surface area (Å²) in [7, 11) is 0. The van der Waals surface area contributed by atoms with Crippen molar-refractivity contribution in [2.45, 2.75) is 6.42 Å². The van der Waals surface area contributed by atoms with Crippen LogP contribution >= 0.6 is 0 Å². The van der Waals surface area contributed by atoms with Gasteiger partial charge < -0.3 is 5.11 Å². The molecule has 2 aromatic rings. The van der Waals surface area contributed by atoms with Gasteiger partial charge in [-0.3, -0.25) is 9.78 Å². The fourth-order valence-electron chi connectivity index (χ4n) is 1.63. The molecule has 1 heterocycles. The largest absolute Gasteiger partial charge is 0.481 e. The Kier molecular flexibility index (Phi) is 3.50. The average molecular weight is 267 g/mol. The number of aliphatic carboxylic acids is 1. The molecular formula is C13H8F3NO2. The van der Waals surface area contributed by atoms with Crippen molar-refractivity contribution in [3.05, 3.63) is 53.5 Å². The second-order valence-electron chi connectivity index (χ2n) is 3.85. The lowest BCUT2D eigenvalue weighted by molar-refractivity contribution is -0.136. The van der Waals surface area contributed by atoms with Crippen LogP contribution in [0.5, 0.6) is 0 Å². The van der Waals surface area contributed by atoms with Crippen LogP contribution in [-0.2, 0) is 11.2 Å². The Bertz CT molecular complexity index is 644.